The maximum atomic E-state index is 12.3. The van der Waals surface area contributed by atoms with Crippen LogP contribution in [0.1, 0.15) is 16.8 Å². The predicted molar refractivity (Wildman–Crippen MR) is 69.9 cm³/mol. The normalized spacial score (nSPS) is 18.6. The molecule has 2 heterocycles. The molecule has 0 bridgehead atoms. The number of carbonyl (C=O) groups is 1. The van der Waals surface area contributed by atoms with Gasteiger partial charge in [0, 0.05) is 26.3 Å². The average Bonchev–Trinajstić information content (AvgIpc) is 2.87. The van der Waals surface area contributed by atoms with Gasteiger partial charge in [-0.25, -0.2) is 0 Å². The number of hydrogen-bond acceptors (Lipinski definition) is 5. The first-order valence-electron chi connectivity index (χ1n) is 5.65. The van der Waals surface area contributed by atoms with Crippen molar-refractivity contribution in [3.05, 3.63) is 32.4 Å². The number of amides is 1. The van der Waals surface area contributed by atoms with Gasteiger partial charge in [0.25, 0.3) is 5.91 Å². The van der Waals surface area contributed by atoms with E-state index < -0.39 is 4.92 Å². The van der Waals surface area contributed by atoms with Crippen molar-refractivity contribution in [1.82, 2.24) is 9.88 Å². The molecule has 1 aliphatic heterocycles. The quantitative estimate of drug-likeness (QED) is 0.621. The van der Waals surface area contributed by atoms with Crippen LogP contribution in [0.4, 0.5) is 5.82 Å². The van der Waals surface area contributed by atoms with Crippen molar-refractivity contribution in [2.45, 2.75) is 12.5 Å². The molecule has 1 aromatic rings. The van der Waals surface area contributed by atoms with Crippen molar-refractivity contribution in [3.8, 4) is 0 Å². The van der Waals surface area contributed by atoms with Crippen molar-refractivity contribution in [2.24, 2.45) is 0 Å². The summed E-state index contributed by atoms with van der Waals surface area (Å²) in [6.07, 6.45) is 2.07. The van der Waals surface area contributed by atoms with Crippen molar-refractivity contribution in [2.75, 3.05) is 20.2 Å². The molecule has 0 radical (unpaired) electrons. The fourth-order valence-corrected chi connectivity index (χ4v) is 2.35. The van der Waals surface area contributed by atoms with E-state index in [-0.39, 0.29) is 23.4 Å². The highest BCUT2D eigenvalue weighted by atomic mass is 79.9. The summed E-state index contributed by atoms with van der Waals surface area (Å²) in [4.78, 5) is 27.6. The summed E-state index contributed by atoms with van der Waals surface area (Å²) in [6.45, 7) is 1.08. The van der Waals surface area contributed by atoms with Gasteiger partial charge in [0.15, 0.2) is 6.20 Å². The van der Waals surface area contributed by atoms with Gasteiger partial charge in [0.2, 0.25) is 0 Å². The number of nitro groups is 1. The van der Waals surface area contributed by atoms with E-state index in [4.69, 9.17) is 4.74 Å². The Labute approximate surface area is 117 Å². The molecular formula is C11H12BrN3O4. The number of halogens is 1. The van der Waals surface area contributed by atoms with E-state index >= 15 is 0 Å². The SMILES string of the molecule is COC1CCN(C(=O)c2cc([N+](=O)[O-])ncc2Br)C1. The van der Waals surface area contributed by atoms with Crippen LogP contribution in [0.3, 0.4) is 0 Å². The van der Waals surface area contributed by atoms with Gasteiger partial charge in [0.1, 0.15) is 0 Å². The van der Waals surface area contributed by atoms with Gasteiger partial charge in [-0.05, 0) is 32.3 Å². The van der Waals surface area contributed by atoms with Crippen LogP contribution in [0.2, 0.25) is 0 Å². The van der Waals surface area contributed by atoms with Gasteiger partial charge in [-0.15, -0.1) is 0 Å². The van der Waals surface area contributed by atoms with Crippen molar-refractivity contribution >= 4 is 27.7 Å². The molecule has 1 aliphatic rings. The largest absolute Gasteiger partial charge is 0.380 e. The molecule has 1 saturated heterocycles. The lowest BCUT2D eigenvalue weighted by Gasteiger charge is -2.16. The minimum absolute atomic E-state index is 0.0274. The molecule has 0 saturated carbocycles. The monoisotopic (exact) mass is 329 g/mol. The molecule has 1 aromatic heterocycles. The summed E-state index contributed by atoms with van der Waals surface area (Å²) in [5.74, 6) is -0.592. The molecule has 0 aromatic carbocycles. The first-order valence-corrected chi connectivity index (χ1v) is 6.44. The molecule has 1 fully saturated rings. The Morgan fingerprint density at radius 1 is 1.68 bits per heavy atom. The van der Waals surface area contributed by atoms with Crippen LogP contribution in [0.15, 0.2) is 16.7 Å². The first kappa shape index (κ1) is 13.9. The number of likely N-dealkylation sites (tertiary alicyclic amines) is 1. The highest BCUT2D eigenvalue weighted by molar-refractivity contribution is 9.10. The molecule has 1 amide bonds. The van der Waals surface area contributed by atoms with Crippen LogP contribution in [0, 0.1) is 10.1 Å². The fourth-order valence-electron chi connectivity index (χ4n) is 1.97. The van der Waals surface area contributed by atoms with Crippen molar-refractivity contribution < 1.29 is 14.5 Å². The summed E-state index contributed by atoms with van der Waals surface area (Å²) in [5, 5.41) is 10.7. The summed E-state index contributed by atoms with van der Waals surface area (Å²) >= 11 is 3.20. The van der Waals surface area contributed by atoms with E-state index in [9.17, 15) is 14.9 Å². The number of rotatable bonds is 3. The van der Waals surface area contributed by atoms with Crippen LogP contribution >= 0.6 is 15.9 Å². The number of carbonyl (C=O) groups excluding carboxylic acids is 1. The van der Waals surface area contributed by atoms with Crippen LogP contribution in [-0.2, 0) is 4.74 Å². The highest BCUT2D eigenvalue weighted by Crippen LogP contribution is 2.23. The third kappa shape index (κ3) is 2.90. The zero-order chi connectivity index (χ0) is 14.0. The second kappa shape index (κ2) is 5.62. The number of pyridine rings is 1. The van der Waals surface area contributed by atoms with Crippen LogP contribution in [-0.4, -0.2) is 47.0 Å². The number of nitrogens with zero attached hydrogens (tertiary/aromatic N) is 3. The Kier molecular flexibility index (Phi) is 4.11. The Morgan fingerprint density at radius 3 is 3.00 bits per heavy atom. The van der Waals surface area contributed by atoms with E-state index in [1.54, 1.807) is 12.0 Å². The van der Waals surface area contributed by atoms with Gasteiger partial charge in [-0.2, -0.15) is 0 Å². The molecule has 7 nitrogen and oxygen atoms in total. The Balaban J connectivity index is 2.24. The third-order valence-corrected chi connectivity index (χ3v) is 3.66. The van der Waals surface area contributed by atoms with Crippen molar-refractivity contribution in [3.63, 3.8) is 0 Å². The van der Waals surface area contributed by atoms with E-state index in [1.807, 2.05) is 0 Å². The molecule has 2 rings (SSSR count). The molecule has 0 aliphatic carbocycles. The first-order chi connectivity index (χ1) is 9.02. The van der Waals surface area contributed by atoms with E-state index in [0.717, 1.165) is 6.42 Å². The van der Waals surface area contributed by atoms with Crippen LogP contribution < -0.4 is 0 Å². The summed E-state index contributed by atoms with van der Waals surface area (Å²) in [6, 6.07) is 1.19. The zero-order valence-corrected chi connectivity index (χ0v) is 11.8. The topological polar surface area (TPSA) is 85.6 Å². The van der Waals surface area contributed by atoms with E-state index in [2.05, 4.69) is 20.9 Å². The number of hydrogen-bond donors (Lipinski definition) is 0. The number of aromatic nitrogens is 1. The molecule has 0 spiro atoms. The van der Waals surface area contributed by atoms with Gasteiger partial charge in [0.05, 0.1) is 16.1 Å². The summed E-state index contributed by atoms with van der Waals surface area (Å²) in [7, 11) is 1.60. The molecule has 19 heavy (non-hydrogen) atoms. The fraction of sp³-hybridized carbons (Fsp3) is 0.455. The molecule has 1 atom stereocenters. The standard InChI is InChI=1S/C11H12BrN3O4/c1-19-7-2-3-14(6-7)11(16)8-4-10(15(17)18)13-5-9(8)12/h4-5,7H,2-3,6H2,1H3. The predicted octanol–water partition coefficient (Wildman–Crippen LogP) is 1.61. The Bertz CT molecular complexity index is 523. The maximum Gasteiger partial charge on any atom is 0.364 e. The Hall–Kier alpha value is -1.54. The molecule has 102 valence electrons. The number of methoxy groups -OCH3 is 1. The second-order valence-corrected chi connectivity index (χ2v) is 5.03. The van der Waals surface area contributed by atoms with Gasteiger partial charge < -0.3 is 19.8 Å². The van der Waals surface area contributed by atoms with Gasteiger partial charge in [-0.1, -0.05) is 0 Å². The zero-order valence-electron chi connectivity index (χ0n) is 10.2. The highest BCUT2D eigenvalue weighted by Gasteiger charge is 2.29. The van der Waals surface area contributed by atoms with Gasteiger partial charge >= 0.3 is 5.82 Å². The summed E-state index contributed by atoms with van der Waals surface area (Å²) < 4.78 is 5.64. The average molecular weight is 330 g/mol. The molecule has 8 heteroatoms. The van der Waals surface area contributed by atoms with Gasteiger partial charge in [-0.3, -0.25) is 4.79 Å². The van der Waals surface area contributed by atoms with Crippen LogP contribution in [0.25, 0.3) is 0 Å². The second-order valence-electron chi connectivity index (χ2n) is 4.18. The molecule has 0 N–H and O–H groups in total. The maximum absolute atomic E-state index is 12.3. The smallest absolute Gasteiger partial charge is 0.364 e. The van der Waals surface area contributed by atoms with E-state index in [0.29, 0.717) is 17.6 Å². The summed E-state index contributed by atoms with van der Waals surface area (Å²) in [5.41, 5.74) is 0.249. The van der Waals surface area contributed by atoms with E-state index in [1.165, 1.54) is 12.3 Å². The Morgan fingerprint density at radius 2 is 2.42 bits per heavy atom. The van der Waals surface area contributed by atoms with Crippen LogP contribution in [0.5, 0.6) is 0 Å². The molecular weight excluding hydrogens is 318 g/mol. The van der Waals surface area contributed by atoms with Crippen molar-refractivity contribution in [1.29, 1.82) is 0 Å². The number of ether oxygens (including phenoxy) is 1. The lowest BCUT2D eigenvalue weighted by atomic mass is 10.2. The molecule has 1 unspecified atom stereocenters. The lowest BCUT2D eigenvalue weighted by molar-refractivity contribution is -0.389. The minimum atomic E-state index is -0.620. The lowest BCUT2D eigenvalue weighted by Crippen LogP contribution is -2.30. The third-order valence-electron chi connectivity index (χ3n) is 3.02. The minimum Gasteiger partial charge on any atom is -0.380 e.